The van der Waals surface area contributed by atoms with Crippen LogP contribution in [0.25, 0.3) is 22.2 Å². The van der Waals surface area contributed by atoms with Gasteiger partial charge in [-0.3, -0.25) is 10.00 Å². The van der Waals surface area contributed by atoms with E-state index in [1.807, 2.05) is 12.1 Å². The highest BCUT2D eigenvalue weighted by atomic mass is 16.5. The molecule has 1 saturated heterocycles. The second-order valence-corrected chi connectivity index (χ2v) is 5.80. The third kappa shape index (κ3) is 2.91. The van der Waals surface area contributed by atoms with Crippen molar-refractivity contribution in [1.82, 2.24) is 20.1 Å². The van der Waals surface area contributed by atoms with E-state index in [1.54, 1.807) is 6.20 Å². The molecule has 0 radical (unpaired) electrons. The van der Waals surface area contributed by atoms with Crippen molar-refractivity contribution in [3.8, 4) is 11.3 Å². The number of H-pyrrole nitrogens is 1. The fraction of sp³-hybridized carbons (Fsp3) is 0.294. The number of morpholine rings is 1. The third-order valence-electron chi connectivity index (χ3n) is 4.24. The molecule has 0 amide bonds. The predicted octanol–water partition coefficient (Wildman–Crippen LogP) is 2.04. The van der Waals surface area contributed by atoms with Crippen molar-refractivity contribution in [2.45, 2.75) is 6.54 Å². The van der Waals surface area contributed by atoms with E-state index in [0.29, 0.717) is 5.82 Å². The van der Waals surface area contributed by atoms with Crippen molar-refractivity contribution in [3.05, 3.63) is 42.1 Å². The molecule has 1 aliphatic rings. The van der Waals surface area contributed by atoms with Gasteiger partial charge in [0.15, 0.2) is 0 Å². The number of rotatable bonds is 3. The summed E-state index contributed by atoms with van der Waals surface area (Å²) in [7, 11) is 0. The van der Waals surface area contributed by atoms with E-state index < -0.39 is 0 Å². The lowest BCUT2D eigenvalue weighted by Crippen LogP contribution is -2.35. The summed E-state index contributed by atoms with van der Waals surface area (Å²) in [5, 5.41) is 8.06. The molecule has 3 heterocycles. The average molecular weight is 309 g/mol. The number of ether oxygens (including phenoxy) is 1. The van der Waals surface area contributed by atoms with E-state index in [2.05, 4.69) is 38.3 Å². The molecule has 3 aromatic rings. The van der Waals surface area contributed by atoms with Gasteiger partial charge in [0, 0.05) is 42.3 Å². The van der Waals surface area contributed by atoms with Gasteiger partial charge in [0.05, 0.1) is 24.4 Å². The number of anilines is 1. The van der Waals surface area contributed by atoms with Gasteiger partial charge < -0.3 is 10.5 Å². The topological polar surface area (TPSA) is 80.1 Å². The molecule has 6 heteroatoms. The summed E-state index contributed by atoms with van der Waals surface area (Å²) in [6.45, 7) is 4.27. The molecule has 6 nitrogen and oxygen atoms in total. The summed E-state index contributed by atoms with van der Waals surface area (Å²) in [5.74, 6) is 0.603. The van der Waals surface area contributed by atoms with Crippen LogP contribution < -0.4 is 5.73 Å². The molecule has 0 aliphatic carbocycles. The van der Waals surface area contributed by atoms with E-state index in [9.17, 15) is 0 Å². The van der Waals surface area contributed by atoms with Crippen LogP contribution in [-0.2, 0) is 11.3 Å². The van der Waals surface area contributed by atoms with Gasteiger partial charge in [-0.1, -0.05) is 12.1 Å². The van der Waals surface area contributed by atoms with E-state index >= 15 is 0 Å². The van der Waals surface area contributed by atoms with Crippen LogP contribution in [0, 0.1) is 0 Å². The van der Waals surface area contributed by atoms with Crippen LogP contribution in [0.1, 0.15) is 5.56 Å². The Bertz CT molecular complexity index is 809. The first-order valence-electron chi connectivity index (χ1n) is 7.78. The van der Waals surface area contributed by atoms with Gasteiger partial charge in [-0.2, -0.15) is 5.10 Å². The Morgan fingerprint density at radius 1 is 1.17 bits per heavy atom. The van der Waals surface area contributed by atoms with Crippen LogP contribution in [0.15, 0.2) is 36.5 Å². The van der Waals surface area contributed by atoms with Crippen molar-refractivity contribution in [1.29, 1.82) is 0 Å². The molecule has 1 fully saturated rings. The second kappa shape index (κ2) is 5.98. The summed E-state index contributed by atoms with van der Waals surface area (Å²) in [4.78, 5) is 6.95. The minimum atomic E-state index is 0.603. The highest BCUT2D eigenvalue weighted by molar-refractivity contribution is 5.85. The zero-order valence-electron chi connectivity index (χ0n) is 12.8. The maximum Gasteiger partial charge on any atom is 0.128 e. The summed E-state index contributed by atoms with van der Waals surface area (Å²) in [5.41, 5.74) is 10.2. The number of aromatic amines is 1. The van der Waals surface area contributed by atoms with E-state index in [1.165, 1.54) is 0 Å². The van der Waals surface area contributed by atoms with Crippen LogP contribution in [0.2, 0.25) is 0 Å². The van der Waals surface area contributed by atoms with Gasteiger partial charge in [0.25, 0.3) is 0 Å². The Morgan fingerprint density at radius 2 is 2.04 bits per heavy atom. The lowest BCUT2D eigenvalue weighted by atomic mass is 10.1. The highest BCUT2D eigenvalue weighted by Gasteiger charge is 2.13. The number of fused-ring (bicyclic) bond motifs is 1. The average Bonchev–Trinajstić information content (AvgIpc) is 3.11. The van der Waals surface area contributed by atoms with Crippen LogP contribution in [-0.4, -0.2) is 46.4 Å². The number of aromatic nitrogens is 3. The Kier molecular flexibility index (Phi) is 3.69. The molecule has 0 bridgehead atoms. The Balaban J connectivity index is 1.66. The number of nitrogens with zero attached hydrogens (tertiary/aromatic N) is 3. The maximum atomic E-state index is 6.18. The third-order valence-corrected chi connectivity index (χ3v) is 4.24. The molecule has 0 spiro atoms. The number of hydrogen-bond acceptors (Lipinski definition) is 5. The normalized spacial score (nSPS) is 16.0. The molecule has 3 N–H and O–H groups in total. The fourth-order valence-electron chi connectivity index (χ4n) is 2.94. The highest BCUT2D eigenvalue weighted by Crippen LogP contribution is 2.25. The minimum absolute atomic E-state index is 0.603. The van der Waals surface area contributed by atoms with Gasteiger partial charge in [-0.15, -0.1) is 0 Å². The lowest BCUT2D eigenvalue weighted by molar-refractivity contribution is 0.0342. The van der Waals surface area contributed by atoms with Crippen LogP contribution in [0.3, 0.4) is 0 Å². The molecule has 0 unspecified atom stereocenters. The summed E-state index contributed by atoms with van der Waals surface area (Å²) >= 11 is 0. The Labute approximate surface area is 134 Å². The van der Waals surface area contributed by atoms with Gasteiger partial charge >= 0.3 is 0 Å². The molecule has 0 atom stereocenters. The zero-order chi connectivity index (χ0) is 15.6. The van der Waals surface area contributed by atoms with Gasteiger partial charge in [-0.05, 0) is 18.2 Å². The molecule has 1 aromatic carbocycles. The number of nitrogens with one attached hydrogen (secondary N) is 1. The molecule has 1 aliphatic heterocycles. The van der Waals surface area contributed by atoms with Crippen LogP contribution in [0.4, 0.5) is 5.82 Å². The molecular weight excluding hydrogens is 290 g/mol. The van der Waals surface area contributed by atoms with Crippen molar-refractivity contribution in [2.24, 2.45) is 0 Å². The largest absolute Gasteiger partial charge is 0.383 e. The molecule has 23 heavy (non-hydrogen) atoms. The number of hydrogen-bond donors (Lipinski definition) is 2. The molecule has 0 saturated carbocycles. The maximum absolute atomic E-state index is 6.18. The summed E-state index contributed by atoms with van der Waals surface area (Å²) < 4.78 is 5.39. The van der Waals surface area contributed by atoms with Gasteiger partial charge in [0.1, 0.15) is 5.82 Å². The number of nitrogen functional groups attached to an aromatic ring is 1. The number of pyridine rings is 1. The van der Waals surface area contributed by atoms with Crippen molar-refractivity contribution in [3.63, 3.8) is 0 Å². The number of benzene rings is 1. The zero-order valence-corrected chi connectivity index (χ0v) is 12.8. The quantitative estimate of drug-likeness (QED) is 0.774. The predicted molar refractivity (Wildman–Crippen MR) is 89.8 cm³/mol. The monoisotopic (exact) mass is 309 g/mol. The fourth-order valence-corrected chi connectivity index (χ4v) is 2.94. The van der Waals surface area contributed by atoms with Gasteiger partial charge in [-0.25, -0.2) is 4.98 Å². The second-order valence-electron chi connectivity index (χ2n) is 5.80. The van der Waals surface area contributed by atoms with E-state index in [-0.39, 0.29) is 0 Å². The standard InChI is InChI=1S/C17H19N5O/c18-17-14(11-22-5-7-23-8-6-22)9-12-1-2-13(10-16(12)20-17)15-3-4-19-21-15/h1-4,9-10H,5-8,11H2,(H2,18,20)(H,19,21). The molecule has 2 aromatic heterocycles. The molecule has 118 valence electrons. The van der Waals surface area contributed by atoms with E-state index in [0.717, 1.165) is 60.6 Å². The Morgan fingerprint density at radius 3 is 2.83 bits per heavy atom. The first-order chi connectivity index (χ1) is 11.3. The van der Waals surface area contributed by atoms with Crippen LogP contribution in [0.5, 0.6) is 0 Å². The summed E-state index contributed by atoms with van der Waals surface area (Å²) in [6.07, 6.45) is 1.74. The molecular formula is C17H19N5O. The van der Waals surface area contributed by atoms with Crippen molar-refractivity contribution in [2.75, 3.05) is 32.0 Å². The minimum Gasteiger partial charge on any atom is -0.383 e. The lowest BCUT2D eigenvalue weighted by Gasteiger charge is -2.26. The van der Waals surface area contributed by atoms with Crippen LogP contribution >= 0.6 is 0 Å². The Hall–Kier alpha value is -2.44. The SMILES string of the molecule is Nc1nc2cc(-c3ccn[nH]3)ccc2cc1CN1CCOCC1. The van der Waals surface area contributed by atoms with E-state index in [4.69, 9.17) is 10.5 Å². The smallest absolute Gasteiger partial charge is 0.128 e. The first-order valence-corrected chi connectivity index (χ1v) is 7.78. The first kappa shape index (κ1) is 14.2. The van der Waals surface area contributed by atoms with Gasteiger partial charge in [0.2, 0.25) is 0 Å². The van der Waals surface area contributed by atoms with Crippen molar-refractivity contribution >= 4 is 16.7 Å². The van der Waals surface area contributed by atoms with Crippen molar-refractivity contribution < 1.29 is 4.74 Å². The number of nitrogens with two attached hydrogens (primary N) is 1. The summed E-state index contributed by atoms with van der Waals surface area (Å²) in [6, 6.07) is 10.3. The molecule has 4 rings (SSSR count).